The van der Waals surface area contributed by atoms with Crippen LogP contribution in [0.1, 0.15) is 22.8 Å². The molecule has 0 bridgehead atoms. The number of phenols is 1. The first-order valence-electron chi connectivity index (χ1n) is 5.13. The van der Waals surface area contributed by atoms with Crippen LogP contribution in [0.15, 0.2) is 18.2 Å². The fraction of sp³-hybridized carbons (Fsp3) is 0.308. The van der Waals surface area contributed by atoms with Gasteiger partial charge in [0.1, 0.15) is 5.75 Å². The second-order valence-corrected chi connectivity index (χ2v) is 3.47. The smallest absolute Gasteiger partial charge is 0.255 e. The van der Waals surface area contributed by atoms with E-state index in [-0.39, 0.29) is 18.2 Å². The number of nitrogens with zero attached hydrogens (tertiary/aromatic N) is 1. The molecular weight excluding hydrogens is 202 g/mol. The van der Waals surface area contributed by atoms with Crippen LogP contribution in [0.2, 0.25) is 0 Å². The third-order valence-corrected chi connectivity index (χ3v) is 2.49. The Morgan fingerprint density at radius 1 is 1.56 bits per heavy atom. The minimum Gasteiger partial charge on any atom is -0.508 e. The fourth-order valence-electron chi connectivity index (χ4n) is 1.46. The Bertz CT molecular complexity index is 432. The summed E-state index contributed by atoms with van der Waals surface area (Å²) in [4.78, 5) is 13.6. The number of amides is 1. The average Bonchev–Trinajstić information content (AvgIpc) is 2.29. The van der Waals surface area contributed by atoms with E-state index in [4.69, 9.17) is 6.42 Å². The number of benzene rings is 1. The van der Waals surface area contributed by atoms with Crippen molar-refractivity contribution in [3.8, 4) is 18.1 Å². The molecule has 1 aromatic rings. The molecule has 3 nitrogen and oxygen atoms in total. The predicted octanol–water partition coefficient (Wildman–Crippen LogP) is 1.80. The molecule has 0 aromatic heterocycles. The Kier molecular flexibility index (Phi) is 3.96. The molecule has 0 aliphatic carbocycles. The normalized spacial score (nSPS) is 9.56. The first-order valence-corrected chi connectivity index (χ1v) is 5.13. The molecule has 0 saturated heterocycles. The van der Waals surface area contributed by atoms with Gasteiger partial charge in [-0.1, -0.05) is 12.0 Å². The van der Waals surface area contributed by atoms with Crippen molar-refractivity contribution in [3.63, 3.8) is 0 Å². The van der Waals surface area contributed by atoms with E-state index in [9.17, 15) is 9.90 Å². The van der Waals surface area contributed by atoms with Crippen molar-refractivity contribution in [1.82, 2.24) is 4.90 Å². The Hall–Kier alpha value is -1.95. The Morgan fingerprint density at radius 2 is 2.25 bits per heavy atom. The molecule has 0 atom stereocenters. The van der Waals surface area contributed by atoms with E-state index in [1.165, 1.54) is 0 Å². The van der Waals surface area contributed by atoms with Crippen LogP contribution in [0.3, 0.4) is 0 Å². The van der Waals surface area contributed by atoms with Gasteiger partial charge in [-0.25, -0.2) is 0 Å². The van der Waals surface area contributed by atoms with Gasteiger partial charge >= 0.3 is 0 Å². The van der Waals surface area contributed by atoms with E-state index in [0.29, 0.717) is 17.7 Å². The lowest BCUT2D eigenvalue weighted by Gasteiger charge is -2.19. The van der Waals surface area contributed by atoms with E-state index in [2.05, 4.69) is 5.92 Å². The number of terminal acetylenes is 1. The van der Waals surface area contributed by atoms with Gasteiger partial charge in [0, 0.05) is 17.7 Å². The fourth-order valence-corrected chi connectivity index (χ4v) is 1.46. The molecule has 0 saturated carbocycles. The third kappa shape index (κ3) is 2.34. The molecule has 16 heavy (non-hydrogen) atoms. The Morgan fingerprint density at radius 3 is 2.81 bits per heavy atom. The molecule has 1 aromatic carbocycles. The van der Waals surface area contributed by atoms with Crippen LogP contribution in [0.25, 0.3) is 0 Å². The molecule has 0 spiro atoms. The molecule has 84 valence electrons. The summed E-state index contributed by atoms with van der Waals surface area (Å²) < 4.78 is 0. The van der Waals surface area contributed by atoms with E-state index in [1.54, 1.807) is 30.0 Å². The minimum atomic E-state index is -0.145. The summed E-state index contributed by atoms with van der Waals surface area (Å²) in [5.74, 6) is 2.43. The van der Waals surface area contributed by atoms with Crippen molar-refractivity contribution in [3.05, 3.63) is 29.3 Å². The topological polar surface area (TPSA) is 40.5 Å². The van der Waals surface area contributed by atoms with Crippen molar-refractivity contribution in [2.45, 2.75) is 13.8 Å². The van der Waals surface area contributed by atoms with Crippen LogP contribution in [0.4, 0.5) is 0 Å². The summed E-state index contributed by atoms with van der Waals surface area (Å²) in [6, 6.07) is 4.90. The Labute approximate surface area is 95.7 Å². The first-order chi connectivity index (χ1) is 7.61. The van der Waals surface area contributed by atoms with Crippen molar-refractivity contribution in [1.29, 1.82) is 0 Å². The molecule has 1 rings (SSSR count). The lowest BCUT2D eigenvalue weighted by molar-refractivity contribution is 0.0783. The molecule has 1 amide bonds. The van der Waals surface area contributed by atoms with Gasteiger partial charge in [0.2, 0.25) is 0 Å². The quantitative estimate of drug-likeness (QED) is 0.784. The molecule has 0 unspecified atom stereocenters. The number of hydrogen-bond acceptors (Lipinski definition) is 2. The van der Waals surface area contributed by atoms with Gasteiger partial charge in [0.05, 0.1) is 6.54 Å². The highest BCUT2D eigenvalue weighted by molar-refractivity contribution is 5.96. The second-order valence-electron chi connectivity index (χ2n) is 3.47. The van der Waals surface area contributed by atoms with Gasteiger partial charge in [-0.3, -0.25) is 4.79 Å². The van der Waals surface area contributed by atoms with Gasteiger partial charge in [-0.15, -0.1) is 6.42 Å². The number of phenolic OH excluding ortho intramolecular Hbond substituents is 1. The summed E-state index contributed by atoms with van der Waals surface area (Å²) in [6.07, 6.45) is 5.20. The summed E-state index contributed by atoms with van der Waals surface area (Å²) >= 11 is 0. The van der Waals surface area contributed by atoms with Crippen LogP contribution in [0, 0.1) is 19.3 Å². The van der Waals surface area contributed by atoms with Gasteiger partial charge in [-0.2, -0.15) is 0 Å². The number of carbonyl (C=O) groups excluding carboxylic acids is 1. The largest absolute Gasteiger partial charge is 0.508 e. The zero-order valence-corrected chi connectivity index (χ0v) is 9.53. The SMILES string of the molecule is C#CCN(CC)C(=O)c1cccc(O)c1C. The molecule has 0 aliphatic rings. The molecule has 1 N–H and O–H groups in total. The summed E-state index contributed by atoms with van der Waals surface area (Å²) in [7, 11) is 0. The highest BCUT2D eigenvalue weighted by Crippen LogP contribution is 2.20. The standard InChI is InChI=1S/C13H15NO2/c1-4-9-14(5-2)13(16)11-7-6-8-12(15)10(11)3/h1,6-8,15H,5,9H2,2-3H3. The monoisotopic (exact) mass is 217 g/mol. The van der Waals surface area contributed by atoms with Crippen LogP contribution in [-0.4, -0.2) is 29.0 Å². The van der Waals surface area contributed by atoms with Gasteiger partial charge in [0.15, 0.2) is 0 Å². The first kappa shape index (κ1) is 12.1. The van der Waals surface area contributed by atoms with Crippen molar-refractivity contribution >= 4 is 5.91 Å². The molecule has 0 heterocycles. The number of carbonyl (C=O) groups is 1. The predicted molar refractivity (Wildman–Crippen MR) is 63.3 cm³/mol. The average molecular weight is 217 g/mol. The molecule has 3 heteroatoms. The maximum Gasteiger partial charge on any atom is 0.255 e. The number of hydrogen-bond donors (Lipinski definition) is 1. The highest BCUT2D eigenvalue weighted by Gasteiger charge is 2.16. The van der Waals surface area contributed by atoms with Gasteiger partial charge in [0.25, 0.3) is 5.91 Å². The molecular formula is C13H15NO2. The van der Waals surface area contributed by atoms with Gasteiger partial charge in [-0.05, 0) is 26.0 Å². The minimum absolute atomic E-state index is 0.127. The zero-order chi connectivity index (χ0) is 12.1. The van der Waals surface area contributed by atoms with Crippen molar-refractivity contribution in [2.75, 3.05) is 13.1 Å². The molecule has 0 radical (unpaired) electrons. The Balaban J connectivity index is 3.05. The van der Waals surface area contributed by atoms with Crippen molar-refractivity contribution in [2.24, 2.45) is 0 Å². The lowest BCUT2D eigenvalue weighted by atomic mass is 10.1. The lowest BCUT2D eigenvalue weighted by Crippen LogP contribution is -2.31. The maximum absolute atomic E-state index is 12.1. The van der Waals surface area contributed by atoms with Crippen LogP contribution in [0.5, 0.6) is 5.75 Å². The molecule has 0 aliphatic heterocycles. The van der Waals surface area contributed by atoms with E-state index in [1.807, 2.05) is 6.92 Å². The van der Waals surface area contributed by atoms with Gasteiger partial charge < -0.3 is 10.0 Å². The zero-order valence-electron chi connectivity index (χ0n) is 9.53. The van der Waals surface area contributed by atoms with Crippen molar-refractivity contribution < 1.29 is 9.90 Å². The highest BCUT2D eigenvalue weighted by atomic mass is 16.3. The summed E-state index contributed by atoms with van der Waals surface area (Å²) in [5, 5.41) is 9.52. The van der Waals surface area contributed by atoms with E-state index in [0.717, 1.165) is 0 Å². The summed E-state index contributed by atoms with van der Waals surface area (Å²) in [5.41, 5.74) is 1.08. The third-order valence-electron chi connectivity index (χ3n) is 2.49. The van der Waals surface area contributed by atoms with Crippen LogP contribution < -0.4 is 0 Å². The van der Waals surface area contributed by atoms with Crippen LogP contribution >= 0.6 is 0 Å². The second kappa shape index (κ2) is 5.22. The summed E-state index contributed by atoms with van der Waals surface area (Å²) in [6.45, 7) is 4.42. The van der Waals surface area contributed by atoms with E-state index < -0.39 is 0 Å². The molecule has 0 fully saturated rings. The van der Waals surface area contributed by atoms with Crippen LogP contribution in [-0.2, 0) is 0 Å². The number of aromatic hydroxyl groups is 1. The number of rotatable bonds is 3. The maximum atomic E-state index is 12.1. The van der Waals surface area contributed by atoms with E-state index >= 15 is 0 Å².